The molecule has 1 N–H and O–H groups in total. The maximum Gasteiger partial charge on any atom is 0.311 e. The molecule has 2 aromatic heterocycles. The average molecular weight is 469 g/mol. The fourth-order valence-electron chi connectivity index (χ4n) is 3.47. The molecule has 0 aliphatic carbocycles. The summed E-state index contributed by atoms with van der Waals surface area (Å²) >= 11 is 0. The second kappa shape index (κ2) is 10.1. The lowest BCUT2D eigenvalue weighted by Gasteiger charge is -2.27. The number of hydrogen-bond donors (Lipinski definition) is 1. The van der Waals surface area contributed by atoms with Crippen molar-refractivity contribution < 1.29 is 24.0 Å². The number of morpholine rings is 1. The molecule has 178 valence electrons. The minimum atomic E-state index is -0.538. The average Bonchev–Trinajstić information content (AvgIpc) is 3.50. The summed E-state index contributed by atoms with van der Waals surface area (Å²) in [4.78, 5) is 38.1. The Morgan fingerprint density at radius 3 is 2.74 bits per heavy atom. The fraction of sp³-hybridized carbons (Fsp3) is 0.333. The van der Waals surface area contributed by atoms with Crippen molar-refractivity contribution in [2.24, 2.45) is 0 Å². The standard InChI is InChI=1S/C21H23N7O6/c1-2-27-19(21(30)25-9-11-33-12-10-25)16(13-22-27)23-20(29)15-7-8-26(24-15)14-34-18-6-4-3-5-17(18)28(31)32/h3-8,13H,2,9-12,14H2,1H3,(H,23,29). The third-order valence-electron chi connectivity index (χ3n) is 5.18. The lowest BCUT2D eigenvalue weighted by molar-refractivity contribution is -0.386. The number of rotatable bonds is 8. The van der Waals surface area contributed by atoms with Gasteiger partial charge in [-0.3, -0.25) is 24.4 Å². The zero-order valence-electron chi connectivity index (χ0n) is 18.4. The van der Waals surface area contributed by atoms with Crippen LogP contribution < -0.4 is 10.1 Å². The van der Waals surface area contributed by atoms with Crippen LogP contribution in [-0.2, 0) is 18.0 Å². The molecule has 0 unspecified atom stereocenters. The summed E-state index contributed by atoms with van der Waals surface area (Å²) in [5.41, 5.74) is 0.490. The SMILES string of the molecule is CCn1ncc(NC(=O)c2ccn(COc3ccccc3[N+](=O)[O-])n2)c1C(=O)N1CCOCC1. The van der Waals surface area contributed by atoms with Gasteiger partial charge >= 0.3 is 5.69 Å². The van der Waals surface area contributed by atoms with E-state index in [9.17, 15) is 19.7 Å². The van der Waals surface area contributed by atoms with Crippen molar-refractivity contribution >= 4 is 23.2 Å². The van der Waals surface area contributed by atoms with Gasteiger partial charge in [-0.15, -0.1) is 0 Å². The molecule has 3 aromatic rings. The number of nitrogens with zero attached hydrogens (tertiary/aromatic N) is 6. The molecule has 1 aromatic carbocycles. The van der Waals surface area contributed by atoms with Gasteiger partial charge in [0, 0.05) is 31.9 Å². The second-order valence-corrected chi connectivity index (χ2v) is 7.32. The fourth-order valence-corrected chi connectivity index (χ4v) is 3.47. The van der Waals surface area contributed by atoms with E-state index in [-0.39, 0.29) is 41.2 Å². The van der Waals surface area contributed by atoms with E-state index in [4.69, 9.17) is 9.47 Å². The minimum Gasteiger partial charge on any atom is -0.464 e. The molecular weight excluding hydrogens is 446 g/mol. The van der Waals surface area contributed by atoms with E-state index >= 15 is 0 Å². The molecule has 0 saturated carbocycles. The topological polar surface area (TPSA) is 147 Å². The minimum absolute atomic E-state index is 0.0835. The molecule has 0 radical (unpaired) electrons. The zero-order valence-corrected chi connectivity index (χ0v) is 18.4. The van der Waals surface area contributed by atoms with Crippen LogP contribution in [0.2, 0.25) is 0 Å². The number of nitrogens with one attached hydrogen (secondary N) is 1. The molecule has 1 saturated heterocycles. The van der Waals surface area contributed by atoms with Crippen LogP contribution in [0.4, 0.5) is 11.4 Å². The number of benzene rings is 1. The summed E-state index contributed by atoms with van der Waals surface area (Å²) in [6.07, 6.45) is 2.95. The van der Waals surface area contributed by atoms with Crippen LogP contribution in [-0.4, -0.2) is 67.5 Å². The molecule has 0 bridgehead atoms. The van der Waals surface area contributed by atoms with E-state index in [0.717, 1.165) is 0 Å². The van der Waals surface area contributed by atoms with Crippen molar-refractivity contribution in [3.8, 4) is 5.75 Å². The van der Waals surface area contributed by atoms with Crippen LogP contribution in [0.15, 0.2) is 42.7 Å². The molecule has 4 rings (SSSR count). The number of nitro benzene ring substituents is 1. The zero-order chi connectivity index (χ0) is 24.1. The molecule has 3 heterocycles. The van der Waals surface area contributed by atoms with E-state index in [1.165, 1.54) is 40.0 Å². The first-order chi connectivity index (χ1) is 16.5. The highest BCUT2D eigenvalue weighted by atomic mass is 16.6. The first kappa shape index (κ1) is 22.9. The van der Waals surface area contributed by atoms with Crippen molar-refractivity contribution in [3.05, 3.63) is 64.2 Å². The van der Waals surface area contributed by atoms with Gasteiger partial charge < -0.3 is 19.7 Å². The summed E-state index contributed by atoms with van der Waals surface area (Å²) in [7, 11) is 0. The number of aryl methyl sites for hydroxylation is 1. The Kier molecular flexibility index (Phi) is 6.82. The maximum atomic E-state index is 13.1. The third-order valence-corrected chi connectivity index (χ3v) is 5.18. The lowest BCUT2D eigenvalue weighted by atomic mass is 10.2. The van der Waals surface area contributed by atoms with E-state index in [0.29, 0.717) is 32.8 Å². The van der Waals surface area contributed by atoms with Crippen LogP contribution in [0.5, 0.6) is 5.75 Å². The molecule has 0 atom stereocenters. The van der Waals surface area contributed by atoms with E-state index < -0.39 is 10.8 Å². The number of ether oxygens (including phenoxy) is 2. The second-order valence-electron chi connectivity index (χ2n) is 7.32. The van der Waals surface area contributed by atoms with Crippen molar-refractivity contribution in [3.63, 3.8) is 0 Å². The molecule has 2 amide bonds. The molecule has 1 fully saturated rings. The van der Waals surface area contributed by atoms with Crippen molar-refractivity contribution in [2.75, 3.05) is 31.6 Å². The smallest absolute Gasteiger partial charge is 0.311 e. The van der Waals surface area contributed by atoms with Crippen molar-refractivity contribution in [2.45, 2.75) is 20.2 Å². The van der Waals surface area contributed by atoms with E-state index in [1.807, 2.05) is 6.92 Å². The molecule has 0 spiro atoms. The molecule has 13 nitrogen and oxygen atoms in total. The summed E-state index contributed by atoms with van der Waals surface area (Å²) < 4.78 is 13.7. The Balaban J connectivity index is 1.45. The lowest BCUT2D eigenvalue weighted by Crippen LogP contribution is -2.41. The summed E-state index contributed by atoms with van der Waals surface area (Å²) in [5, 5.41) is 22.2. The number of para-hydroxylation sites is 2. The van der Waals surface area contributed by atoms with Crippen LogP contribution in [0, 0.1) is 10.1 Å². The maximum absolute atomic E-state index is 13.1. The first-order valence-electron chi connectivity index (χ1n) is 10.6. The van der Waals surface area contributed by atoms with Crippen molar-refractivity contribution in [1.82, 2.24) is 24.5 Å². The molecular formula is C21H23N7O6. The number of nitro groups is 1. The van der Waals surface area contributed by atoms with Gasteiger partial charge in [0.2, 0.25) is 0 Å². The van der Waals surface area contributed by atoms with Crippen molar-refractivity contribution in [1.29, 1.82) is 0 Å². The number of aromatic nitrogens is 4. The number of carbonyl (C=O) groups is 2. The Morgan fingerprint density at radius 2 is 2.00 bits per heavy atom. The molecule has 1 aliphatic heterocycles. The van der Waals surface area contributed by atoms with Gasteiger partial charge in [0.05, 0.1) is 30.0 Å². The Morgan fingerprint density at radius 1 is 1.24 bits per heavy atom. The number of carbonyl (C=O) groups excluding carboxylic acids is 2. The van der Waals surface area contributed by atoms with Gasteiger partial charge in [0.1, 0.15) is 5.69 Å². The Hall–Kier alpha value is -4.26. The van der Waals surface area contributed by atoms with Gasteiger partial charge in [-0.25, -0.2) is 4.68 Å². The highest BCUT2D eigenvalue weighted by Crippen LogP contribution is 2.26. The number of anilines is 1. The van der Waals surface area contributed by atoms with Gasteiger partial charge in [0.15, 0.2) is 18.2 Å². The quantitative estimate of drug-likeness (QED) is 0.388. The predicted octanol–water partition coefficient (Wildman–Crippen LogP) is 1.77. The normalized spacial score (nSPS) is 13.5. The van der Waals surface area contributed by atoms with Crippen LogP contribution >= 0.6 is 0 Å². The van der Waals surface area contributed by atoms with Gasteiger partial charge in [-0.2, -0.15) is 10.2 Å². The number of hydrogen-bond acceptors (Lipinski definition) is 8. The summed E-state index contributed by atoms with van der Waals surface area (Å²) in [6.45, 7) is 4.02. The molecule has 1 aliphatic rings. The monoisotopic (exact) mass is 469 g/mol. The largest absolute Gasteiger partial charge is 0.464 e. The van der Waals surface area contributed by atoms with Gasteiger partial charge in [-0.05, 0) is 19.1 Å². The van der Waals surface area contributed by atoms with E-state index in [1.54, 1.807) is 17.0 Å². The van der Waals surface area contributed by atoms with Crippen LogP contribution in [0.3, 0.4) is 0 Å². The molecule has 34 heavy (non-hydrogen) atoms. The van der Waals surface area contributed by atoms with Gasteiger partial charge in [-0.1, -0.05) is 12.1 Å². The first-order valence-corrected chi connectivity index (χ1v) is 10.6. The predicted molar refractivity (Wildman–Crippen MR) is 119 cm³/mol. The third kappa shape index (κ3) is 4.88. The number of amides is 2. The molecule has 13 heteroatoms. The van der Waals surface area contributed by atoms with E-state index in [2.05, 4.69) is 15.5 Å². The van der Waals surface area contributed by atoms with Crippen LogP contribution in [0.25, 0.3) is 0 Å². The highest BCUT2D eigenvalue weighted by Gasteiger charge is 2.26. The Labute approximate surface area is 194 Å². The van der Waals surface area contributed by atoms with Crippen LogP contribution in [0.1, 0.15) is 27.9 Å². The Bertz CT molecular complexity index is 1200. The summed E-state index contributed by atoms with van der Waals surface area (Å²) in [6, 6.07) is 7.46. The highest BCUT2D eigenvalue weighted by molar-refractivity contribution is 6.07. The summed E-state index contributed by atoms with van der Waals surface area (Å²) in [5.74, 6) is -0.676. The van der Waals surface area contributed by atoms with Gasteiger partial charge in [0.25, 0.3) is 11.8 Å².